The van der Waals surface area contributed by atoms with Crippen LogP contribution < -0.4 is 0 Å². The van der Waals surface area contributed by atoms with Gasteiger partial charge in [-0.1, -0.05) is 41.9 Å². The molecular weight excluding hydrogens is 345 g/mol. The number of ether oxygens (including phenoxy) is 2. The highest BCUT2D eigenvalue weighted by Gasteiger charge is 2.34. The van der Waals surface area contributed by atoms with Gasteiger partial charge in [-0.05, 0) is 29.3 Å². The van der Waals surface area contributed by atoms with E-state index in [1.54, 1.807) is 18.2 Å². The minimum atomic E-state index is -0.606. The summed E-state index contributed by atoms with van der Waals surface area (Å²) in [4.78, 5) is 14.4. The number of benzene rings is 2. The zero-order chi connectivity index (χ0) is 17.8. The Morgan fingerprint density at radius 3 is 2.68 bits per heavy atom. The highest BCUT2D eigenvalue weighted by molar-refractivity contribution is 6.31. The number of halogens is 2. The molecule has 0 N–H and O–H groups in total. The first-order chi connectivity index (χ1) is 12.1. The summed E-state index contributed by atoms with van der Waals surface area (Å²) >= 11 is 6.30. The Bertz CT molecular complexity index is 738. The summed E-state index contributed by atoms with van der Waals surface area (Å²) in [5.74, 6) is -0.659. The molecule has 4 nitrogen and oxygen atoms in total. The molecule has 2 unspecified atom stereocenters. The van der Waals surface area contributed by atoms with Gasteiger partial charge >= 0.3 is 5.97 Å². The number of carbonyl (C=O) groups is 1. The lowest BCUT2D eigenvalue weighted by molar-refractivity contribution is -0.150. The molecule has 0 spiro atoms. The Morgan fingerprint density at radius 1 is 1.28 bits per heavy atom. The van der Waals surface area contributed by atoms with Gasteiger partial charge in [0.15, 0.2) is 0 Å². The van der Waals surface area contributed by atoms with Crippen molar-refractivity contribution < 1.29 is 18.7 Å². The van der Waals surface area contributed by atoms with Crippen molar-refractivity contribution in [3.05, 3.63) is 70.5 Å². The van der Waals surface area contributed by atoms with E-state index in [9.17, 15) is 9.18 Å². The molecule has 3 rings (SSSR count). The van der Waals surface area contributed by atoms with E-state index in [2.05, 4.69) is 0 Å². The van der Waals surface area contributed by atoms with Crippen LogP contribution in [0.25, 0.3) is 0 Å². The van der Waals surface area contributed by atoms with Gasteiger partial charge < -0.3 is 9.47 Å². The van der Waals surface area contributed by atoms with Gasteiger partial charge in [0.05, 0.1) is 19.8 Å². The fourth-order valence-corrected chi connectivity index (χ4v) is 3.30. The van der Waals surface area contributed by atoms with Crippen LogP contribution in [0, 0.1) is 5.82 Å². The topological polar surface area (TPSA) is 38.8 Å². The van der Waals surface area contributed by atoms with E-state index < -0.39 is 6.04 Å². The smallest absolute Gasteiger partial charge is 0.327 e. The van der Waals surface area contributed by atoms with Gasteiger partial charge in [-0.15, -0.1) is 0 Å². The summed E-state index contributed by atoms with van der Waals surface area (Å²) in [5, 5.41) is 0.516. The van der Waals surface area contributed by atoms with Crippen molar-refractivity contribution in [2.24, 2.45) is 0 Å². The summed E-state index contributed by atoms with van der Waals surface area (Å²) in [6.45, 7) is 1.51. The molecule has 0 bridgehead atoms. The van der Waals surface area contributed by atoms with Crippen molar-refractivity contribution in [2.75, 3.05) is 26.8 Å². The highest BCUT2D eigenvalue weighted by atomic mass is 35.5. The minimum absolute atomic E-state index is 0.246. The second-order valence-corrected chi connectivity index (χ2v) is 6.26. The minimum Gasteiger partial charge on any atom is -0.468 e. The number of hydrogen-bond donors (Lipinski definition) is 0. The van der Waals surface area contributed by atoms with Gasteiger partial charge in [0.2, 0.25) is 0 Å². The molecule has 1 fully saturated rings. The van der Waals surface area contributed by atoms with E-state index in [1.807, 2.05) is 23.1 Å². The van der Waals surface area contributed by atoms with Crippen molar-refractivity contribution in [3.63, 3.8) is 0 Å². The summed E-state index contributed by atoms with van der Waals surface area (Å²) in [6.07, 6.45) is -0.246. The number of nitrogens with zero attached hydrogens (tertiary/aromatic N) is 1. The van der Waals surface area contributed by atoms with Gasteiger partial charge in [0.1, 0.15) is 11.9 Å². The number of methoxy groups -OCH3 is 1. The zero-order valence-electron chi connectivity index (χ0n) is 13.8. The number of morpholine rings is 1. The summed E-state index contributed by atoms with van der Waals surface area (Å²) in [6, 6.07) is 12.9. The molecule has 6 heteroatoms. The van der Waals surface area contributed by atoms with Crippen LogP contribution in [0.2, 0.25) is 5.02 Å². The third-order valence-corrected chi connectivity index (χ3v) is 4.67. The molecule has 1 aliphatic heterocycles. The highest BCUT2D eigenvalue weighted by Crippen LogP contribution is 2.33. The molecule has 0 radical (unpaired) electrons. The number of hydrogen-bond acceptors (Lipinski definition) is 4. The molecule has 1 aliphatic rings. The van der Waals surface area contributed by atoms with E-state index in [0.29, 0.717) is 30.3 Å². The third-order valence-electron chi connectivity index (χ3n) is 4.33. The molecule has 2 aromatic carbocycles. The maximum Gasteiger partial charge on any atom is 0.327 e. The fourth-order valence-electron chi connectivity index (χ4n) is 3.06. The lowest BCUT2D eigenvalue weighted by atomic mass is 10.0. The van der Waals surface area contributed by atoms with Crippen LogP contribution in [0.5, 0.6) is 0 Å². The van der Waals surface area contributed by atoms with E-state index in [4.69, 9.17) is 21.1 Å². The van der Waals surface area contributed by atoms with Crippen LogP contribution >= 0.6 is 11.6 Å². The first-order valence-corrected chi connectivity index (χ1v) is 8.41. The predicted octanol–water partition coefficient (Wildman–Crippen LogP) is 3.77. The van der Waals surface area contributed by atoms with E-state index in [-0.39, 0.29) is 17.9 Å². The number of carbonyl (C=O) groups excluding carboxylic acids is 1. The van der Waals surface area contributed by atoms with Gasteiger partial charge in [0, 0.05) is 18.1 Å². The molecule has 2 atom stereocenters. The van der Waals surface area contributed by atoms with Crippen LogP contribution in [0.4, 0.5) is 4.39 Å². The van der Waals surface area contributed by atoms with Crippen LogP contribution in [0.1, 0.15) is 23.3 Å². The first-order valence-electron chi connectivity index (χ1n) is 8.03. The van der Waals surface area contributed by atoms with Crippen molar-refractivity contribution in [3.8, 4) is 0 Å². The molecule has 1 heterocycles. The summed E-state index contributed by atoms with van der Waals surface area (Å²) < 4.78 is 24.0. The Balaban J connectivity index is 1.87. The molecule has 0 saturated carbocycles. The lowest BCUT2D eigenvalue weighted by Gasteiger charge is -2.37. The van der Waals surface area contributed by atoms with Gasteiger partial charge in [0.25, 0.3) is 0 Å². The Kier molecular flexibility index (Phi) is 5.68. The molecule has 0 amide bonds. The van der Waals surface area contributed by atoms with E-state index in [1.165, 1.54) is 19.2 Å². The summed E-state index contributed by atoms with van der Waals surface area (Å²) in [5.41, 5.74) is 1.57. The van der Waals surface area contributed by atoms with E-state index in [0.717, 1.165) is 5.56 Å². The monoisotopic (exact) mass is 363 g/mol. The van der Waals surface area contributed by atoms with Crippen molar-refractivity contribution in [1.29, 1.82) is 0 Å². The SMILES string of the molecule is COC(=O)C(c1ccccc1Cl)N1CCOC(c2ccc(F)cc2)C1. The van der Waals surface area contributed by atoms with Crippen LogP contribution in [0.15, 0.2) is 48.5 Å². The quantitative estimate of drug-likeness (QED) is 0.775. The third kappa shape index (κ3) is 4.00. The largest absolute Gasteiger partial charge is 0.468 e. The van der Waals surface area contributed by atoms with Gasteiger partial charge in [-0.2, -0.15) is 0 Å². The predicted molar refractivity (Wildman–Crippen MR) is 92.9 cm³/mol. The van der Waals surface area contributed by atoms with Gasteiger partial charge in [-0.25, -0.2) is 9.18 Å². The Hall–Kier alpha value is -1.95. The van der Waals surface area contributed by atoms with Gasteiger partial charge in [-0.3, -0.25) is 4.90 Å². The first kappa shape index (κ1) is 17.9. The van der Waals surface area contributed by atoms with Crippen LogP contribution in [-0.4, -0.2) is 37.7 Å². The lowest BCUT2D eigenvalue weighted by Crippen LogP contribution is -2.44. The summed E-state index contributed by atoms with van der Waals surface area (Å²) in [7, 11) is 1.37. The van der Waals surface area contributed by atoms with Crippen LogP contribution in [-0.2, 0) is 14.3 Å². The fraction of sp³-hybridized carbons (Fsp3) is 0.316. The molecule has 25 heavy (non-hydrogen) atoms. The van der Waals surface area contributed by atoms with Crippen molar-refractivity contribution in [1.82, 2.24) is 4.90 Å². The Morgan fingerprint density at radius 2 is 2.00 bits per heavy atom. The standard InChI is InChI=1S/C19H19ClFNO3/c1-24-19(23)18(15-4-2-3-5-16(15)20)22-10-11-25-17(12-22)13-6-8-14(21)9-7-13/h2-9,17-18H,10-12H2,1H3. The maximum absolute atomic E-state index is 13.1. The van der Waals surface area contributed by atoms with Crippen molar-refractivity contribution in [2.45, 2.75) is 12.1 Å². The molecule has 0 aromatic heterocycles. The second kappa shape index (κ2) is 7.95. The number of esters is 1. The number of rotatable bonds is 4. The molecular formula is C19H19ClFNO3. The normalized spacial score (nSPS) is 19.4. The molecule has 0 aliphatic carbocycles. The zero-order valence-corrected chi connectivity index (χ0v) is 14.6. The average Bonchev–Trinajstić information content (AvgIpc) is 2.64. The molecule has 1 saturated heterocycles. The van der Waals surface area contributed by atoms with Crippen molar-refractivity contribution >= 4 is 17.6 Å². The molecule has 132 valence electrons. The maximum atomic E-state index is 13.1. The van der Waals surface area contributed by atoms with Crippen LogP contribution in [0.3, 0.4) is 0 Å². The average molecular weight is 364 g/mol. The second-order valence-electron chi connectivity index (χ2n) is 5.85. The van der Waals surface area contributed by atoms with E-state index >= 15 is 0 Å². The molecule has 2 aromatic rings. The Labute approximate surface area is 151 Å².